The van der Waals surface area contributed by atoms with Crippen LogP contribution in [-0.2, 0) is 11.2 Å². The zero-order chi connectivity index (χ0) is 14.8. The number of nitrogens with one attached hydrogen (secondary N) is 1. The van der Waals surface area contributed by atoms with Crippen molar-refractivity contribution >= 4 is 11.6 Å². The van der Waals surface area contributed by atoms with Gasteiger partial charge in [-0.1, -0.05) is 0 Å². The number of hydrogen-bond donors (Lipinski definition) is 1. The largest absolute Gasteiger partial charge is 0.463 e. The van der Waals surface area contributed by atoms with Gasteiger partial charge in [0.2, 0.25) is 5.91 Å². The van der Waals surface area contributed by atoms with Crippen molar-refractivity contribution in [3.8, 4) is 11.5 Å². The van der Waals surface area contributed by atoms with Crippen molar-refractivity contribution in [3.63, 3.8) is 0 Å². The molecule has 0 saturated heterocycles. The summed E-state index contributed by atoms with van der Waals surface area (Å²) in [5.41, 5.74) is 2.94. The lowest BCUT2D eigenvalue weighted by Gasteiger charge is -2.06. The first-order valence-electron chi connectivity index (χ1n) is 6.83. The number of imidazole rings is 1. The highest BCUT2D eigenvalue weighted by Crippen LogP contribution is 2.23. The average molecular weight is 284 g/mol. The number of rotatable bonds is 4. The lowest BCUT2D eigenvalue weighted by Crippen LogP contribution is -2.25. The molecule has 3 aromatic heterocycles. The lowest BCUT2D eigenvalue weighted by molar-refractivity contribution is -0.120. The third-order valence-corrected chi connectivity index (χ3v) is 3.08. The van der Waals surface area contributed by atoms with E-state index < -0.39 is 0 Å². The van der Waals surface area contributed by atoms with E-state index in [2.05, 4.69) is 15.3 Å². The number of furan rings is 1. The predicted molar refractivity (Wildman–Crippen MR) is 77.8 cm³/mol. The second-order valence-corrected chi connectivity index (χ2v) is 4.80. The van der Waals surface area contributed by atoms with Gasteiger partial charge in [-0.3, -0.25) is 4.79 Å². The van der Waals surface area contributed by atoms with Crippen LogP contribution in [0.2, 0.25) is 0 Å². The number of amides is 1. The molecule has 0 aliphatic rings. The summed E-state index contributed by atoms with van der Waals surface area (Å²) in [7, 11) is 0. The molecule has 0 aliphatic carbocycles. The Morgan fingerprint density at radius 2 is 2.24 bits per heavy atom. The Balaban J connectivity index is 2.09. The molecular formula is C15H16N4O2. The molecule has 108 valence electrons. The van der Waals surface area contributed by atoms with E-state index in [0.29, 0.717) is 23.7 Å². The molecule has 6 nitrogen and oxygen atoms in total. The molecule has 0 radical (unpaired) electrons. The number of hydrogen-bond acceptors (Lipinski definition) is 4. The van der Waals surface area contributed by atoms with Crippen LogP contribution in [0.25, 0.3) is 17.1 Å². The zero-order valence-corrected chi connectivity index (χ0v) is 12.0. The Morgan fingerprint density at radius 1 is 1.38 bits per heavy atom. The summed E-state index contributed by atoms with van der Waals surface area (Å²) in [6.45, 7) is 4.42. The number of fused-ring (bicyclic) bond motifs is 1. The van der Waals surface area contributed by atoms with Crippen molar-refractivity contribution in [2.45, 2.75) is 20.3 Å². The van der Waals surface area contributed by atoms with Gasteiger partial charge in [-0.2, -0.15) is 0 Å². The maximum Gasteiger partial charge on any atom is 0.226 e. The van der Waals surface area contributed by atoms with E-state index in [1.165, 1.54) is 0 Å². The van der Waals surface area contributed by atoms with Crippen molar-refractivity contribution in [1.82, 2.24) is 19.7 Å². The summed E-state index contributed by atoms with van der Waals surface area (Å²) in [4.78, 5) is 20.8. The molecular weight excluding hydrogens is 268 g/mol. The first kappa shape index (κ1) is 13.4. The molecule has 1 N–H and O–H groups in total. The van der Waals surface area contributed by atoms with Crippen molar-refractivity contribution in [3.05, 3.63) is 42.2 Å². The van der Waals surface area contributed by atoms with Crippen molar-refractivity contribution in [2.75, 3.05) is 6.54 Å². The molecule has 0 unspecified atom stereocenters. The summed E-state index contributed by atoms with van der Waals surface area (Å²) in [5, 5.41) is 2.77. The summed E-state index contributed by atoms with van der Waals surface area (Å²) in [6.07, 6.45) is 5.57. The van der Waals surface area contributed by atoms with Crippen LogP contribution in [0.1, 0.15) is 18.3 Å². The second kappa shape index (κ2) is 5.40. The Kier molecular flexibility index (Phi) is 3.43. The molecule has 3 aromatic rings. The van der Waals surface area contributed by atoms with Gasteiger partial charge in [0.15, 0.2) is 11.4 Å². The topological polar surface area (TPSA) is 72.4 Å². The number of carbonyl (C=O) groups is 1. The van der Waals surface area contributed by atoms with Crippen LogP contribution in [-0.4, -0.2) is 26.8 Å². The first-order chi connectivity index (χ1) is 10.2. The molecule has 0 aliphatic heterocycles. The van der Waals surface area contributed by atoms with E-state index in [1.807, 2.05) is 36.7 Å². The fourth-order valence-electron chi connectivity index (χ4n) is 2.26. The lowest BCUT2D eigenvalue weighted by atomic mass is 10.2. The van der Waals surface area contributed by atoms with Gasteiger partial charge < -0.3 is 14.1 Å². The highest BCUT2D eigenvalue weighted by Gasteiger charge is 2.14. The molecule has 21 heavy (non-hydrogen) atoms. The Labute approximate surface area is 121 Å². The molecule has 0 saturated carbocycles. The summed E-state index contributed by atoms with van der Waals surface area (Å²) >= 11 is 0. The monoisotopic (exact) mass is 284 g/mol. The third kappa shape index (κ3) is 2.65. The van der Waals surface area contributed by atoms with Crippen LogP contribution >= 0.6 is 0 Å². The number of aromatic nitrogens is 3. The van der Waals surface area contributed by atoms with E-state index in [0.717, 1.165) is 11.3 Å². The number of nitrogens with zero attached hydrogens (tertiary/aromatic N) is 3. The van der Waals surface area contributed by atoms with Gasteiger partial charge in [0.1, 0.15) is 5.69 Å². The minimum atomic E-state index is -0.0495. The maximum absolute atomic E-state index is 11.8. The van der Waals surface area contributed by atoms with Crippen molar-refractivity contribution in [2.24, 2.45) is 0 Å². The van der Waals surface area contributed by atoms with Crippen LogP contribution < -0.4 is 5.32 Å². The Bertz CT molecular complexity index is 774. The maximum atomic E-state index is 11.8. The van der Waals surface area contributed by atoms with E-state index in [-0.39, 0.29) is 12.3 Å². The molecule has 3 heterocycles. The van der Waals surface area contributed by atoms with Gasteiger partial charge in [0, 0.05) is 18.9 Å². The molecule has 6 heteroatoms. The van der Waals surface area contributed by atoms with Crippen molar-refractivity contribution in [1.29, 1.82) is 0 Å². The molecule has 0 atom stereocenters. The summed E-state index contributed by atoms with van der Waals surface area (Å²) in [5.74, 6) is 0.593. The van der Waals surface area contributed by atoms with Gasteiger partial charge in [-0.25, -0.2) is 9.97 Å². The number of likely N-dealkylation sites (N-methyl/N-ethyl adjacent to an activating group) is 1. The fourth-order valence-corrected chi connectivity index (χ4v) is 2.26. The minimum absolute atomic E-state index is 0.0495. The minimum Gasteiger partial charge on any atom is -0.463 e. The van der Waals surface area contributed by atoms with Gasteiger partial charge in [0.25, 0.3) is 0 Å². The van der Waals surface area contributed by atoms with Gasteiger partial charge in [-0.15, -0.1) is 0 Å². The molecule has 3 rings (SSSR count). The Hall–Kier alpha value is -2.63. The smallest absolute Gasteiger partial charge is 0.226 e. The molecule has 0 bridgehead atoms. The van der Waals surface area contributed by atoms with Gasteiger partial charge >= 0.3 is 0 Å². The van der Waals surface area contributed by atoms with Gasteiger partial charge in [0.05, 0.1) is 24.1 Å². The fraction of sp³-hybridized carbons (Fsp3) is 0.267. The summed E-state index contributed by atoms with van der Waals surface area (Å²) < 4.78 is 7.31. The molecule has 0 fully saturated rings. The number of aryl methyl sites for hydroxylation is 1. The standard InChI is InChI=1S/C15H16N4O2/c1-3-16-13(20)7-11-9-19-8-10(2)17-15(19)14(18-11)12-5-4-6-21-12/h4-6,8-9H,3,7H2,1-2H3,(H,16,20). The van der Waals surface area contributed by atoms with Crippen LogP contribution in [0.3, 0.4) is 0 Å². The SMILES string of the molecule is CCNC(=O)Cc1cn2cc(C)nc2c(-c2ccco2)n1. The van der Waals surface area contributed by atoms with Gasteiger partial charge in [-0.05, 0) is 26.0 Å². The average Bonchev–Trinajstić information content (AvgIpc) is 3.06. The predicted octanol–water partition coefficient (Wildman–Crippen LogP) is 1.98. The summed E-state index contributed by atoms with van der Waals surface area (Å²) in [6, 6.07) is 3.64. The molecule has 0 aromatic carbocycles. The molecule has 0 spiro atoms. The number of carbonyl (C=O) groups excluding carboxylic acids is 1. The third-order valence-electron chi connectivity index (χ3n) is 3.08. The van der Waals surface area contributed by atoms with E-state index in [9.17, 15) is 4.79 Å². The quantitative estimate of drug-likeness (QED) is 0.795. The second-order valence-electron chi connectivity index (χ2n) is 4.80. The first-order valence-corrected chi connectivity index (χ1v) is 6.83. The van der Waals surface area contributed by atoms with Crippen LogP contribution in [0, 0.1) is 6.92 Å². The highest BCUT2D eigenvalue weighted by molar-refractivity contribution is 5.78. The highest BCUT2D eigenvalue weighted by atomic mass is 16.3. The zero-order valence-electron chi connectivity index (χ0n) is 12.0. The van der Waals surface area contributed by atoms with Crippen LogP contribution in [0.5, 0.6) is 0 Å². The van der Waals surface area contributed by atoms with Crippen molar-refractivity contribution < 1.29 is 9.21 Å². The van der Waals surface area contributed by atoms with E-state index >= 15 is 0 Å². The normalized spacial score (nSPS) is 11.0. The van der Waals surface area contributed by atoms with E-state index in [4.69, 9.17) is 4.42 Å². The van der Waals surface area contributed by atoms with E-state index in [1.54, 1.807) is 12.3 Å². The Morgan fingerprint density at radius 3 is 2.95 bits per heavy atom. The molecule has 1 amide bonds. The van der Waals surface area contributed by atoms with Crippen LogP contribution in [0.4, 0.5) is 0 Å². The van der Waals surface area contributed by atoms with Crippen LogP contribution in [0.15, 0.2) is 35.2 Å².